The number of nitrogens with zero attached hydrogens (tertiary/aromatic N) is 1. The van der Waals surface area contributed by atoms with E-state index in [2.05, 4.69) is 5.32 Å². The van der Waals surface area contributed by atoms with Gasteiger partial charge in [0, 0.05) is 22.6 Å². The van der Waals surface area contributed by atoms with Gasteiger partial charge in [-0.25, -0.2) is 4.98 Å². The second-order valence-corrected chi connectivity index (χ2v) is 10.3. The van der Waals surface area contributed by atoms with Crippen molar-refractivity contribution in [2.75, 3.05) is 7.11 Å². The Labute approximate surface area is 197 Å². The first-order valence-corrected chi connectivity index (χ1v) is 12.0. The molecule has 1 aliphatic carbocycles. The summed E-state index contributed by atoms with van der Waals surface area (Å²) in [6.07, 6.45) is 2.99. The number of carbonyl (C=O) groups is 2. The molecule has 6 nitrogen and oxygen atoms in total. The molecule has 2 heterocycles. The molecule has 4 rings (SSSR count). The van der Waals surface area contributed by atoms with Gasteiger partial charge in [0.05, 0.1) is 23.3 Å². The summed E-state index contributed by atoms with van der Waals surface area (Å²) in [5, 5.41) is 4.58. The highest BCUT2D eigenvalue weighted by Crippen LogP contribution is 2.45. The Balaban J connectivity index is 1.79. The second kappa shape index (κ2) is 8.96. The van der Waals surface area contributed by atoms with Gasteiger partial charge in [0.25, 0.3) is 5.91 Å². The molecule has 8 heteroatoms. The van der Waals surface area contributed by atoms with Crippen molar-refractivity contribution in [1.29, 1.82) is 0 Å². The molecular weight excluding hydrogens is 448 g/mol. The number of amides is 1. The van der Waals surface area contributed by atoms with Crippen LogP contribution in [0.3, 0.4) is 0 Å². The number of esters is 1. The zero-order valence-corrected chi connectivity index (χ0v) is 20.2. The summed E-state index contributed by atoms with van der Waals surface area (Å²) in [4.78, 5) is 31.6. The van der Waals surface area contributed by atoms with Crippen LogP contribution in [-0.2, 0) is 19.1 Å². The van der Waals surface area contributed by atoms with Crippen LogP contribution < -0.4 is 5.32 Å². The van der Waals surface area contributed by atoms with Crippen LogP contribution in [0.15, 0.2) is 30.0 Å². The van der Waals surface area contributed by atoms with E-state index < -0.39 is 5.54 Å². The number of carbonyl (C=O) groups excluding carboxylic acids is 2. The van der Waals surface area contributed by atoms with Crippen LogP contribution in [0.2, 0.25) is 5.02 Å². The lowest BCUT2D eigenvalue weighted by Gasteiger charge is -2.37. The molecular formula is C24H27ClN2O4S. The van der Waals surface area contributed by atoms with Crippen LogP contribution in [-0.4, -0.2) is 35.6 Å². The van der Waals surface area contributed by atoms with Crippen LogP contribution >= 0.6 is 22.9 Å². The molecule has 0 atom stereocenters. The summed E-state index contributed by atoms with van der Waals surface area (Å²) in [6.45, 7) is 5.50. The highest BCUT2D eigenvalue weighted by atomic mass is 35.5. The molecule has 1 aliphatic heterocycles. The third-order valence-electron chi connectivity index (χ3n) is 6.16. The summed E-state index contributed by atoms with van der Waals surface area (Å²) < 4.78 is 11.4. The highest BCUT2D eigenvalue weighted by Gasteiger charge is 2.50. The quantitative estimate of drug-likeness (QED) is 0.607. The number of nitrogens with one attached hydrogen (secondary N) is 1. The number of thiazole rings is 1. The minimum absolute atomic E-state index is 0.140. The molecule has 1 aromatic carbocycles. The van der Waals surface area contributed by atoms with E-state index in [0.29, 0.717) is 34.9 Å². The number of rotatable bonds is 5. The molecule has 0 radical (unpaired) electrons. The molecule has 1 amide bonds. The van der Waals surface area contributed by atoms with Crippen molar-refractivity contribution in [1.82, 2.24) is 10.3 Å². The number of hydrogen-bond donors (Lipinski definition) is 1. The molecule has 0 bridgehead atoms. The maximum Gasteiger partial charge on any atom is 0.313 e. The summed E-state index contributed by atoms with van der Waals surface area (Å²) >= 11 is 7.52. The lowest BCUT2D eigenvalue weighted by molar-refractivity contribution is -0.144. The summed E-state index contributed by atoms with van der Waals surface area (Å²) in [7, 11) is 1.70. The lowest BCUT2D eigenvalue weighted by atomic mass is 9.79. The molecule has 1 fully saturated rings. The minimum atomic E-state index is -0.706. The highest BCUT2D eigenvalue weighted by molar-refractivity contribution is 7.15. The molecule has 0 saturated heterocycles. The van der Waals surface area contributed by atoms with Gasteiger partial charge in [-0.05, 0) is 44.7 Å². The Hall–Kier alpha value is -2.22. The molecule has 1 spiro atoms. The second-order valence-electron chi connectivity index (χ2n) is 8.68. The van der Waals surface area contributed by atoms with Crippen LogP contribution in [0.5, 0.6) is 0 Å². The third-order valence-corrected chi connectivity index (χ3v) is 7.43. The van der Waals surface area contributed by atoms with Gasteiger partial charge in [0.2, 0.25) is 0 Å². The zero-order chi connectivity index (χ0) is 23.0. The van der Waals surface area contributed by atoms with E-state index in [0.717, 1.165) is 28.3 Å². The molecule has 2 aliphatic rings. The van der Waals surface area contributed by atoms with E-state index in [1.54, 1.807) is 21.0 Å². The maximum atomic E-state index is 13.3. The largest absolute Gasteiger partial charge is 0.427 e. The summed E-state index contributed by atoms with van der Waals surface area (Å²) in [6, 6.07) is 7.43. The fraction of sp³-hybridized carbons (Fsp3) is 0.458. The maximum absolute atomic E-state index is 13.3. The minimum Gasteiger partial charge on any atom is -0.427 e. The standard InChI is InChI=1S/C24H27ClN2O4S/c1-13(2)23(29)31-20-18(21(28)27-24(20)11-9-17(30-4)10-12-24)19-14(3)32-22(26-19)15-5-7-16(25)8-6-15/h5-8,13,17H,9-12H2,1-4H3,(H,27,28). The molecule has 32 heavy (non-hydrogen) atoms. The average molecular weight is 475 g/mol. The van der Waals surface area contributed by atoms with Crippen molar-refractivity contribution in [2.24, 2.45) is 5.92 Å². The number of halogens is 1. The SMILES string of the molecule is COC1CCC2(CC1)NC(=O)C(c1nc(-c3ccc(Cl)cc3)sc1C)=C2OC(=O)C(C)C. The van der Waals surface area contributed by atoms with Crippen LogP contribution in [0.4, 0.5) is 0 Å². The first kappa shape index (κ1) is 23.0. The van der Waals surface area contributed by atoms with E-state index in [1.165, 1.54) is 11.3 Å². The van der Waals surface area contributed by atoms with Gasteiger partial charge < -0.3 is 14.8 Å². The summed E-state index contributed by atoms with van der Waals surface area (Å²) in [5.74, 6) is -0.503. The topological polar surface area (TPSA) is 77.5 Å². The van der Waals surface area contributed by atoms with E-state index in [4.69, 9.17) is 26.1 Å². The molecule has 1 aromatic heterocycles. The average Bonchev–Trinajstić information content (AvgIpc) is 3.26. The van der Waals surface area contributed by atoms with Gasteiger partial charge >= 0.3 is 5.97 Å². The van der Waals surface area contributed by atoms with E-state index >= 15 is 0 Å². The first-order chi connectivity index (χ1) is 15.2. The molecule has 1 N–H and O–H groups in total. The van der Waals surface area contributed by atoms with Gasteiger partial charge in [-0.1, -0.05) is 37.6 Å². The number of hydrogen-bond acceptors (Lipinski definition) is 6. The van der Waals surface area contributed by atoms with Gasteiger partial charge in [0.15, 0.2) is 0 Å². The number of aromatic nitrogens is 1. The molecule has 2 aromatic rings. The van der Waals surface area contributed by atoms with Crippen molar-refractivity contribution in [2.45, 2.75) is 58.1 Å². The van der Waals surface area contributed by atoms with Crippen molar-refractivity contribution in [3.63, 3.8) is 0 Å². The molecule has 0 unspecified atom stereocenters. The van der Waals surface area contributed by atoms with Gasteiger partial charge in [-0.3, -0.25) is 9.59 Å². The normalized spacial score (nSPS) is 23.2. The molecule has 1 saturated carbocycles. The summed E-state index contributed by atoms with van der Waals surface area (Å²) in [5.41, 5.74) is 1.14. The van der Waals surface area contributed by atoms with E-state index in [-0.39, 0.29) is 23.9 Å². The third kappa shape index (κ3) is 4.21. The Morgan fingerprint density at radius 1 is 1.25 bits per heavy atom. The van der Waals surface area contributed by atoms with E-state index in [1.807, 2.05) is 31.2 Å². The Bertz CT molecular complexity index is 1070. The van der Waals surface area contributed by atoms with Gasteiger partial charge in [-0.15, -0.1) is 11.3 Å². The number of benzene rings is 1. The fourth-order valence-electron chi connectivity index (χ4n) is 4.28. The van der Waals surface area contributed by atoms with Crippen molar-refractivity contribution < 1.29 is 19.1 Å². The first-order valence-electron chi connectivity index (χ1n) is 10.8. The smallest absolute Gasteiger partial charge is 0.313 e. The monoisotopic (exact) mass is 474 g/mol. The Morgan fingerprint density at radius 3 is 2.50 bits per heavy atom. The predicted octanol–water partition coefficient (Wildman–Crippen LogP) is 5.14. The van der Waals surface area contributed by atoms with Crippen LogP contribution in [0.1, 0.15) is 50.1 Å². The number of aryl methyl sites for hydroxylation is 1. The van der Waals surface area contributed by atoms with Crippen LogP contribution in [0, 0.1) is 12.8 Å². The van der Waals surface area contributed by atoms with Crippen LogP contribution in [0.25, 0.3) is 16.1 Å². The fourth-order valence-corrected chi connectivity index (χ4v) is 5.33. The zero-order valence-electron chi connectivity index (χ0n) is 18.7. The van der Waals surface area contributed by atoms with Crippen molar-refractivity contribution in [3.05, 3.63) is 45.6 Å². The van der Waals surface area contributed by atoms with Gasteiger partial charge in [-0.2, -0.15) is 0 Å². The predicted molar refractivity (Wildman–Crippen MR) is 125 cm³/mol. The number of ether oxygens (including phenoxy) is 2. The van der Waals surface area contributed by atoms with Crippen molar-refractivity contribution >= 4 is 40.4 Å². The molecule has 170 valence electrons. The van der Waals surface area contributed by atoms with Crippen molar-refractivity contribution in [3.8, 4) is 10.6 Å². The Morgan fingerprint density at radius 2 is 1.91 bits per heavy atom. The van der Waals surface area contributed by atoms with E-state index in [9.17, 15) is 9.59 Å². The Kier molecular flexibility index (Phi) is 6.43. The number of methoxy groups -OCH3 is 1. The van der Waals surface area contributed by atoms with Gasteiger partial charge in [0.1, 0.15) is 16.3 Å². The lowest BCUT2D eigenvalue weighted by Crippen LogP contribution is -2.49.